The fourth-order valence-corrected chi connectivity index (χ4v) is 4.24. The van der Waals surface area contributed by atoms with Crippen LogP contribution in [0.1, 0.15) is 24.7 Å². The fraction of sp³-hybridized carbons (Fsp3) is 0.238. The number of nitrogens with zero attached hydrogens (tertiary/aromatic N) is 2. The molecule has 6 heteroatoms. The maximum absolute atomic E-state index is 12.9. The van der Waals surface area contributed by atoms with E-state index in [0.29, 0.717) is 28.0 Å². The van der Waals surface area contributed by atoms with Gasteiger partial charge in [-0.25, -0.2) is 4.98 Å². The Bertz CT molecular complexity index is 1230. The van der Waals surface area contributed by atoms with Crippen LogP contribution in [0.2, 0.25) is 0 Å². The molecule has 1 N–H and O–H groups in total. The van der Waals surface area contributed by atoms with Gasteiger partial charge in [-0.1, -0.05) is 15.9 Å². The number of nitrogens with one attached hydrogen (secondary N) is 1. The van der Waals surface area contributed by atoms with Crippen LogP contribution < -0.4 is 5.43 Å². The Balaban J connectivity index is 1.61. The van der Waals surface area contributed by atoms with Crippen molar-refractivity contribution in [1.29, 1.82) is 0 Å². The van der Waals surface area contributed by atoms with Crippen LogP contribution in [-0.2, 0) is 0 Å². The monoisotopic (exact) mass is 423 g/mol. The lowest BCUT2D eigenvalue weighted by molar-refractivity contribution is 0.307. The minimum absolute atomic E-state index is 0.0177. The summed E-state index contributed by atoms with van der Waals surface area (Å²) in [5.41, 5.74) is 3.01. The first-order valence-electron chi connectivity index (χ1n) is 9.02. The zero-order chi connectivity index (χ0) is 18.5. The molecule has 1 aliphatic heterocycles. The zero-order valence-electron chi connectivity index (χ0n) is 14.8. The number of imidazole rings is 1. The number of likely N-dealkylation sites (tertiary alicyclic amines) is 1. The highest BCUT2D eigenvalue weighted by Crippen LogP contribution is 2.31. The third kappa shape index (κ3) is 2.80. The largest absolute Gasteiger partial charge is 0.456 e. The average Bonchev–Trinajstić information content (AvgIpc) is 3.30. The van der Waals surface area contributed by atoms with Gasteiger partial charge in [-0.15, -0.1) is 0 Å². The highest BCUT2D eigenvalue weighted by molar-refractivity contribution is 9.10. The molecule has 3 heterocycles. The number of halogens is 1. The van der Waals surface area contributed by atoms with Crippen molar-refractivity contribution in [2.75, 3.05) is 13.6 Å². The molecule has 5 rings (SSSR count). The van der Waals surface area contributed by atoms with Gasteiger partial charge in [0.1, 0.15) is 17.0 Å². The van der Waals surface area contributed by atoms with Crippen molar-refractivity contribution in [1.82, 2.24) is 14.9 Å². The molecule has 2 aromatic heterocycles. The van der Waals surface area contributed by atoms with E-state index in [9.17, 15) is 4.79 Å². The first-order chi connectivity index (χ1) is 13.1. The third-order valence-electron chi connectivity index (χ3n) is 5.37. The second-order valence-corrected chi connectivity index (χ2v) is 8.02. The summed E-state index contributed by atoms with van der Waals surface area (Å²) in [5, 5.41) is 1.16. The van der Waals surface area contributed by atoms with E-state index in [1.54, 1.807) is 6.07 Å². The summed E-state index contributed by atoms with van der Waals surface area (Å²) in [7, 11) is 2.13. The van der Waals surface area contributed by atoms with Crippen LogP contribution in [-0.4, -0.2) is 28.5 Å². The van der Waals surface area contributed by atoms with Crippen molar-refractivity contribution in [3.63, 3.8) is 0 Å². The van der Waals surface area contributed by atoms with Crippen LogP contribution >= 0.6 is 15.9 Å². The highest BCUT2D eigenvalue weighted by atomic mass is 79.9. The van der Waals surface area contributed by atoms with Gasteiger partial charge in [-0.3, -0.25) is 9.69 Å². The van der Waals surface area contributed by atoms with Gasteiger partial charge in [-0.2, -0.15) is 0 Å². The van der Waals surface area contributed by atoms with Crippen molar-refractivity contribution < 1.29 is 4.42 Å². The van der Waals surface area contributed by atoms with Crippen LogP contribution in [0.25, 0.3) is 33.2 Å². The highest BCUT2D eigenvalue weighted by Gasteiger charge is 2.25. The van der Waals surface area contributed by atoms with E-state index in [1.165, 1.54) is 6.42 Å². The molecule has 0 bridgehead atoms. The first-order valence-corrected chi connectivity index (χ1v) is 9.81. The molecule has 1 saturated heterocycles. The van der Waals surface area contributed by atoms with Gasteiger partial charge in [0.05, 0.1) is 28.7 Å². The van der Waals surface area contributed by atoms with E-state index >= 15 is 0 Å². The van der Waals surface area contributed by atoms with E-state index in [4.69, 9.17) is 4.42 Å². The van der Waals surface area contributed by atoms with Gasteiger partial charge in [0, 0.05) is 10.0 Å². The Morgan fingerprint density at radius 3 is 2.89 bits per heavy atom. The molecule has 0 aliphatic carbocycles. The predicted molar refractivity (Wildman–Crippen MR) is 110 cm³/mol. The Hall–Kier alpha value is -2.44. The summed E-state index contributed by atoms with van der Waals surface area (Å²) in [6.07, 6.45) is 4.16. The van der Waals surface area contributed by atoms with E-state index < -0.39 is 0 Å². The number of H-pyrrole nitrogens is 1. The Labute approximate surface area is 164 Å². The normalized spacial score (nSPS) is 17.9. The van der Waals surface area contributed by atoms with Gasteiger partial charge in [-0.05, 0) is 62.8 Å². The molecule has 2 aromatic carbocycles. The quantitative estimate of drug-likeness (QED) is 0.467. The van der Waals surface area contributed by atoms with Crippen LogP contribution in [0.4, 0.5) is 0 Å². The van der Waals surface area contributed by atoms with Crippen LogP contribution in [0.3, 0.4) is 0 Å². The molecule has 1 aliphatic rings. The zero-order valence-corrected chi connectivity index (χ0v) is 16.4. The number of fused-ring (bicyclic) bond motifs is 2. The second-order valence-electron chi connectivity index (χ2n) is 7.10. The molecule has 4 aromatic rings. The lowest BCUT2D eigenvalue weighted by Crippen LogP contribution is -2.18. The maximum Gasteiger partial charge on any atom is 0.200 e. The summed E-state index contributed by atoms with van der Waals surface area (Å²) >= 11 is 3.42. The van der Waals surface area contributed by atoms with Gasteiger partial charge in [0.25, 0.3) is 0 Å². The first kappa shape index (κ1) is 16.7. The number of benzene rings is 2. The lowest BCUT2D eigenvalue weighted by atomic mass is 10.1. The molecule has 136 valence electrons. The SMILES string of the molecule is CN1CCCC1c1ncc(-c2ccc3oc4cc(Br)ccc4c(=O)c3c2)[nH]1. The molecular weight excluding hydrogens is 406 g/mol. The molecule has 5 nitrogen and oxygen atoms in total. The summed E-state index contributed by atoms with van der Waals surface area (Å²) in [5.74, 6) is 0.987. The van der Waals surface area contributed by atoms with Crippen molar-refractivity contribution in [2.24, 2.45) is 0 Å². The number of hydrogen-bond acceptors (Lipinski definition) is 4. The van der Waals surface area contributed by atoms with Gasteiger partial charge >= 0.3 is 0 Å². The van der Waals surface area contributed by atoms with E-state index in [1.807, 2.05) is 36.5 Å². The molecule has 0 radical (unpaired) electrons. The standard InChI is InChI=1S/C21H18BrN3O2/c1-25-8-2-3-17(25)21-23-11-16(24-21)12-4-7-18-15(9-12)20(26)14-6-5-13(22)10-19(14)27-18/h4-7,9-11,17H,2-3,8H2,1H3,(H,23,24). The Morgan fingerprint density at radius 1 is 1.19 bits per heavy atom. The molecular formula is C21H18BrN3O2. The molecule has 1 fully saturated rings. The smallest absolute Gasteiger partial charge is 0.200 e. The van der Waals surface area contributed by atoms with Crippen molar-refractivity contribution in [3.8, 4) is 11.3 Å². The number of aromatic nitrogens is 2. The topological polar surface area (TPSA) is 62.1 Å². The summed E-state index contributed by atoms with van der Waals surface area (Å²) in [6.45, 7) is 1.10. The van der Waals surface area contributed by atoms with Crippen LogP contribution in [0.15, 0.2) is 56.3 Å². The second kappa shape index (κ2) is 6.32. The van der Waals surface area contributed by atoms with Gasteiger partial charge in [0.15, 0.2) is 0 Å². The van der Waals surface area contributed by atoms with Crippen LogP contribution in [0, 0.1) is 0 Å². The van der Waals surface area contributed by atoms with Gasteiger partial charge in [0.2, 0.25) is 5.43 Å². The van der Waals surface area contributed by atoms with E-state index in [0.717, 1.165) is 34.5 Å². The molecule has 0 saturated carbocycles. The van der Waals surface area contributed by atoms with Gasteiger partial charge < -0.3 is 9.40 Å². The van der Waals surface area contributed by atoms with Crippen molar-refractivity contribution >= 4 is 37.9 Å². The predicted octanol–water partition coefficient (Wildman–Crippen LogP) is 4.87. The minimum Gasteiger partial charge on any atom is -0.456 e. The Kier molecular flexibility index (Phi) is 3.91. The summed E-state index contributed by atoms with van der Waals surface area (Å²) in [4.78, 5) is 23.3. The van der Waals surface area contributed by atoms with E-state index in [2.05, 4.69) is 37.8 Å². The minimum atomic E-state index is -0.0177. The van der Waals surface area contributed by atoms with E-state index in [-0.39, 0.29) is 5.43 Å². The number of rotatable bonds is 2. The van der Waals surface area contributed by atoms with Crippen molar-refractivity contribution in [2.45, 2.75) is 18.9 Å². The lowest BCUT2D eigenvalue weighted by Gasteiger charge is -2.16. The molecule has 0 spiro atoms. The molecule has 0 amide bonds. The summed E-state index contributed by atoms with van der Waals surface area (Å²) < 4.78 is 6.82. The fourth-order valence-electron chi connectivity index (χ4n) is 3.90. The van der Waals surface area contributed by atoms with Crippen LogP contribution in [0.5, 0.6) is 0 Å². The Morgan fingerprint density at radius 2 is 2.07 bits per heavy atom. The van der Waals surface area contributed by atoms with Crippen molar-refractivity contribution in [3.05, 3.63) is 63.1 Å². The molecule has 1 atom stereocenters. The number of hydrogen-bond donors (Lipinski definition) is 1. The molecule has 1 unspecified atom stereocenters. The average molecular weight is 424 g/mol. The maximum atomic E-state index is 12.9. The third-order valence-corrected chi connectivity index (χ3v) is 5.87. The molecule has 27 heavy (non-hydrogen) atoms. The number of aromatic amines is 1. The summed E-state index contributed by atoms with van der Waals surface area (Å²) in [6, 6.07) is 11.5.